The number of benzene rings is 6. The zero-order valence-corrected chi connectivity index (χ0v) is 36.8. The van der Waals surface area contributed by atoms with E-state index < -0.39 is 22.4 Å². The summed E-state index contributed by atoms with van der Waals surface area (Å²) in [6, 6.07) is 48.2. The molecule has 0 unspecified atom stereocenters. The van der Waals surface area contributed by atoms with Crippen LogP contribution in [0.4, 0.5) is 11.4 Å². The van der Waals surface area contributed by atoms with E-state index in [2.05, 4.69) is 9.97 Å². The van der Waals surface area contributed by atoms with Crippen molar-refractivity contribution < 1.29 is 4.92 Å². The van der Waals surface area contributed by atoms with Crippen LogP contribution < -0.4 is 16.9 Å². The van der Waals surface area contributed by atoms with Gasteiger partial charge in [-0.2, -0.15) is 0 Å². The van der Waals surface area contributed by atoms with E-state index in [1.54, 1.807) is 34.3 Å². The van der Waals surface area contributed by atoms with E-state index in [1.165, 1.54) is 18.2 Å². The number of anilines is 1. The summed E-state index contributed by atoms with van der Waals surface area (Å²) >= 11 is -1.69. The molecule has 0 spiro atoms. The molecule has 13 heteroatoms. The van der Waals surface area contributed by atoms with Crippen molar-refractivity contribution in [2.75, 3.05) is 5.73 Å². The average Bonchev–Trinajstić information content (AvgIpc) is 3.22. The van der Waals surface area contributed by atoms with Crippen LogP contribution in [0.2, 0.25) is 4.94 Å². The average molecular weight is 918 g/mol. The number of hydrogen-bond acceptors (Lipinski definition) is 7. The van der Waals surface area contributed by atoms with Crippen LogP contribution in [0.5, 0.6) is 0 Å². The third kappa shape index (κ3) is 9.64. The summed E-state index contributed by atoms with van der Waals surface area (Å²) in [6.07, 6.45) is 0. The predicted molar refractivity (Wildman–Crippen MR) is 238 cm³/mol. The number of nitrogens with zero attached hydrogens (tertiary/aromatic N) is 5. The number of nitrogen functional groups attached to an aromatic ring is 1. The molecule has 0 amide bonds. The fourth-order valence-electron chi connectivity index (χ4n) is 6.87. The number of nitrogens with two attached hydrogens (primary N) is 1. The van der Waals surface area contributed by atoms with Crippen LogP contribution in [0.25, 0.3) is 21.8 Å². The van der Waals surface area contributed by atoms with Crippen LogP contribution in [0.1, 0.15) is 46.0 Å². The van der Waals surface area contributed by atoms with Crippen LogP contribution >= 0.6 is 17.8 Å². The van der Waals surface area contributed by atoms with Crippen molar-refractivity contribution in [2.45, 2.75) is 30.9 Å². The van der Waals surface area contributed by atoms with Gasteiger partial charge in [0.25, 0.3) is 16.8 Å². The Morgan fingerprint density at radius 2 is 0.914 bits per heavy atom. The van der Waals surface area contributed by atoms with Gasteiger partial charge in [-0.05, 0) is 60.4 Å². The summed E-state index contributed by atoms with van der Waals surface area (Å²) in [5, 5.41) is 11.9. The SMILES string of the molecule is Cc1nc2ccc(N)cc2c(=O)n1C(c1ccccc1)c1ccccc1.Cc1nc2ccc([N+](=O)[O-])cc2c(=O)n1C(c1ccccc1)c1ccccc1.[CH3][SnH]([Cl])[Cl]. The fourth-order valence-corrected chi connectivity index (χ4v) is 6.87. The van der Waals surface area contributed by atoms with Gasteiger partial charge in [0, 0.05) is 17.8 Å². The van der Waals surface area contributed by atoms with Gasteiger partial charge in [-0.3, -0.25) is 28.8 Å². The minimum atomic E-state index is -1.69. The number of non-ortho nitro benzene ring substituents is 1. The van der Waals surface area contributed by atoms with E-state index in [0.29, 0.717) is 33.8 Å². The van der Waals surface area contributed by atoms with Crippen molar-refractivity contribution in [1.29, 1.82) is 0 Å². The number of rotatable bonds is 7. The molecule has 2 aromatic heterocycles. The first-order valence-corrected chi connectivity index (χ1v) is 30.0. The summed E-state index contributed by atoms with van der Waals surface area (Å²) in [4.78, 5) is 48.5. The van der Waals surface area contributed by atoms with Crippen molar-refractivity contribution in [3.63, 3.8) is 0 Å². The van der Waals surface area contributed by atoms with Crippen molar-refractivity contribution in [3.8, 4) is 0 Å². The molecule has 0 atom stereocenters. The predicted octanol–water partition coefficient (Wildman–Crippen LogP) is 9.49. The second-order valence-corrected chi connectivity index (χ2v) is 26.6. The Hall–Kier alpha value is -5.82. The summed E-state index contributed by atoms with van der Waals surface area (Å²) in [5.74, 6) is 1.22. The molecule has 0 fully saturated rings. The fraction of sp³-hybridized carbons (Fsp3) is 0.111. The Morgan fingerprint density at radius 3 is 1.26 bits per heavy atom. The second-order valence-electron chi connectivity index (χ2n) is 13.4. The molecule has 2 heterocycles. The summed E-state index contributed by atoms with van der Waals surface area (Å²) in [7, 11) is 10.5. The third-order valence-corrected chi connectivity index (χ3v) is 9.35. The van der Waals surface area contributed by atoms with Gasteiger partial charge in [-0.1, -0.05) is 121 Å². The van der Waals surface area contributed by atoms with Crippen LogP contribution in [-0.2, 0) is 0 Å². The first-order chi connectivity index (χ1) is 27.9. The number of nitro benzene ring substituents is 1. The number of halogens is 2. The number of fused-ring (bicyclic) bond motifs is 2. The molecule has 0 saturated heterocycles. The molecular weight excluding hydrogens is 878 g/mol. The van der Waals surface area contributed by atoms with E-state index in [0.717, 1.165) is 22.3 Å². The van der Waals surface area contributed by atoms with E-state index in [1.807, 2.05) is 133 Å². The van der Waals surface area contributed by atoms with E-state index >= 15 is 0 Å². The normalized spacial score (nSPS) is 11.0. The van der Waals surface area contributed by atoms with Gasteiger partial charge < -0.3 is 5.73 Å². The molecule has 10 nitrogen and oxygen atoms in total. The Bertz CT molecular complexity index is 2710. The van der Waals surface area contributed by atoms with Gasteiger partial charge >= 0.3 is 40.3 Å². The van der Waals surface area contributed by atoms with Crippen LogP contribution in [0.15, 0.2) is 167 Å². The number of hydrogen-bond donors (Lipinski definition) is 1. The topological polar surface area (TPSA) is 139 Å². The first kappa shape index (κ1) is 41.8. The second kappa shape index (κ2) is 19.1. The molecule has 0 aliphatic carbocycles. The van der Waals surface area contributed by atoms with Gasteiger partial charge in [0.1, 0.15) is 11.6 Å². The molecular formula is C45H40Cl2N6O4Sn. The van der Waals surface area contributed by atoms with Crippen molar-refractivity contribution in [1.82, 2.24) is 19.1 Å². The molecule has 2 N–H and O–H groups in total. The van der Waals surface area contributed by atoms with Gasteiger partial charge in [0.05, 0.1) is 38.8 Å². The maximum absolute atomic E-state index is 13.4. The van der Waals surface area contributed by atoms with Crippen LogP contribution in [0, 0.1) is 24.0 Å². The van der Waals surface area contributed by atoms with E-state index in [4.69, 9.17) is 23.6 Å². The van der Waals surface area contributed by atoms with Gasteiger partial charge in [-0.15, -0.1) is 0 Å². The van der Waals surface area contributed by atoms with E-state index in [9.17, 15) is 19.7 Å². The van der Waals surface area contributed by atoms with E-state index in [-0.39, 0.29) is 34.3 Å². The van der Waals surface area contributed by atoms with Gasteiger partial charge in [-0.25, -0.2) is 9.97 Å². The molecule has 8 aromatic rings. The molecule has 0 aliphatic rings. The third-order valence-electron chi connectivity index (χ3n) is 9.35. The van der Waals surface area contributed by atoms with Crippen LogP contribution in [-0.4, -0.2) is 41.5 Å². The van der Waals surface area contributed by atoms with Crippen molar-refractivity contribution >= 4 is 68.5 Å². The summed E-state index contributed by atoms with van der Waals surface area (Å²) < 4.78 is 3.36. The summed E-state index contributed by atoms with van der Waals surface area (Å²) in [5.41, 5.74) is 11.0. The quantitative estimate of drug-likeness (QED) is 0.0728. The molecule has 58 heavy (non-hydrogen) atoms. The van der Waals surface area contributed by atoms with Gasteiger partial charge in [0.2, 0.25) is 0 Å². The van der Waals surface area contributed by atoms with Crippen molar-refractivity contribution in [3.05, 3.63) is 222 Å². The Balaban J connectivity index is 0.000000180. The molecule has 0 saturated carbocycles. The molecule has 0 bridgehead atoms. The zero-order chi connectivity index (χ0) is 41.3. The molecule has 8 rings (SSSR count). The number of aryl methyl sites for hydroxylation is 2. The molecule has 292 valence electrons. The zero-order valence-electron chi connectivity index (χ0n) is 31.9. The molecule has 6 aromatic carbocycles. The van der Waals surface area contributed by atoms with Crippen LogP contribution in [0.3, 0.4) is 0 Å². The molecule has 0 aliphatic heterocycles. The van der Waals surface area contributed by atoms with Crippen molar-refractivity contribution in [2.24, 2.45) is 0 Å². The summed E-state index contributed by atoms with van der Waals surface area (Å²) in [6.45, 7) is 3.65. The minimum absolute atomic E-state index is 0.0856. The van der Waals surface area contributed by atoms with Gasteiger partial charge in [0.15, 0.2) is 0 Å². The first-order valence-electron chi connectivity index (χ1n) is 18.4. The monoisotopic (exact) mass is 918 g/mol. The molecule has 0 radical (unpaired) electrons. The standard InChI is InChI=1S/C22H17N3O3.C22H19N3O.CH3.2ClH.Sn.H/c1-15-23-20-13-12-18(25(27)28)14-19(20)22(26)24(15)21(16-8-4-2-5-9-16)17-10-6-3-7-11-17;1-15-24-20-13-12-18(23)14-19(20)22(26)25(15)21(16-8-4-2-5-9-16)17-10-6-3-7-11-17;;;;;/h2-14,21H,1H3;2-14,21H,23H2,1H3;1H3;2*1H;;/q;;;;;+2;/p-2. The Labute approximate surface area is 349 Å². The Morgan fingerprint density at radius 1 is 0.586 bits per heavy atom. The maximum atomic E-state index is 13.4. The Kier molecular flexibility index (Phi) is 13.8. The number of nitro groups is 1. The number of aromatic nitrogens is 4.